The molecule has 0 unspecified atom stereocenters. The normalized spacial score (nSPS) is 17.9. The maximum atomic E-state index is 13.3. The van der Waals surface area contributed by atoms with Crippen LogP contribution in [-0.4, -0.2) is 84.5 Å². The largest absolute Gasteiger partial charge is 0.489 e. The molecule has 0 aliphatic carbocycles. The van der Waals surface area contributed by atoms with Crippen LogP contribution in [0.5, 0.6) is 5.75 Å². The summed E-state index contributed by atoms with van der Waals surface area (Å²) in [4.78, 5) is 39.8. The van der Waals surface area contributed by atoms with E-state index in [9.17, 15) is 9.59 Å². The fourth-order valence-corrected chi connectivity index (χ4v) is 4.00. The summed E-state index contributed by atoms with van der Waals surface area (Å²) in [6.45, 7) is 2.57. The van der Waals surface area contributed by atoms with Crippen LogP contribution < -0.4 is 15.0 Å². The quantitative estimate of drug-likeness (QED) is 0.648. The molecule has 174 valence electrons. The molecule has 1 aromatic heterocycles. The summed E-state index contributed by atoms with van der Waals surface area (Å²) in [6, 6.07) is 5.39. The molecule has 4 rings (SSSR count). The molecule has 1 atom stereocenters. The number of hydrogen-bond donors (Lipinski definition) is 1. The number of likely N-dealkylation sites (tertiary alicyclic amines) is 1. The predicted molar refractivity (Wildman–Crippen MR) is 127 cm³/mol. The highest BCUT2D eigenvalue weighted by Crippen LogP contribution is 2.36. The predicted octanol–water partition coefficient (Wildman–Crippen LogP) is 2.30. The van der Waals surface area contributed by atoms with Gasteiger partial charge in [-0.25, -0.2) is 9.97 Å². The van der Waals surface area contributed by atoms with E-state index in [2.05, 4.69) is 15.3 Å². The lowest BCUT2D eigenvalue weighted by atomic mass is 10.1. The van der Waals surface area contributed by atoms with Gasteiger partial charge in [0, 0.05) is 31.8 Å². The third-order valence-corrected chi connectivity index (χ3v) is 5.70. The molecule has 0 bridgehead atoms. The minimum absolute atomic E-state index is 0.0375. The number of para-hydroxylation sites is 1. The molecule has 0 spiro atoms. The van der Waals surface area contributed by atoms with Crippen LogP contribution >= 0.6 is 11.6 Å². The van der Waals surface area contributed by atoms with Crippen molar-refractivity contribution in [3.05, 3.63) is 53.3 Å². The Morgan fingerprint density at radius 2 is 2.06 bits per heavy atom. The summed E-state index contributed by atoms with van der Waals surface area (Å²) < 4.78 is 5.87. The molecule has 3 heterocycles. The van der Waals surface area contributed by atoms with Crippen molar-refractivity contribution >= 4 is 35.1 Å². The van der Waals surface area contributed by atoms with E-state index in [1.54, 1.807) is 28.0 Å². The van der Waals surface area contributed by atoms with Crippen molar-refractivity contribution in [1.82, 2.24) is 19.8 Å². The Morgan fingerprint density at radius 1 is 1.27 bits per heavy atom. The van der Waals surface area contributed by atoms with Crippen molar-refractivity contribution in [3.63, 3.8) is 0 Å². The average Bonchev–Trinajstić information content (AvgIpc) is 3.27. The van der Waals surface area contributed by atoms with Crippen molar-refractivity contribution in [3.8, 4) is 5.75 Å². The van der Waals surface area contributed by atoms with E-state index in [0.717, 1.165) is 6.42 Å². The molecule has 1 fully saturated rings. The summed E-state index contributed by atoms with van der Waals surface area (Å²) in [5, 5.41) is 3.72. The van der Waals surface area contributed by atoms with Crippen LogP contribution in [0.4, 0.5) is 11.6 Å². The first kappa shape index (κ1) is 23.0. The molecule has 0 saturated carbocycles. The zero-order valence-electron chi connectivity index (χ0n) is 18.7. The zero-order chi connectivity index (χ0) is 23.4. The van der Waals surface area contributed by atoms with Gasteiger partial charge in [0.2, 0.25) is 5.95 Å². The van der Waals surface area contributed by atoms with E-state index in [4.69, 9.17) is 16.3 Å². The van der Waals surface area contributed by atoms with Crippen molar-refractivity contribution in [2.45, 2.75) is 12.5 Å². The number of hydrogen-bond acceptors (Lipinski definition) is 7. The number of aromatic nitrogens is 2. The van der Waals surface area contributed by atoms with Gasteiger partial charge in [0.05, 0.1) is 35.2 Å². The second kappa shape index (κ2) is 10.2. The average molecular weight is 471 g/mol. The third-order valence-electron chi connectivity index (χ3n) is 5.50. The molecular formula is C23H27ClN6O3. The Bertz CT molecular complexity index is 1040. The molecule has 2 aliphatic rings. The topological polar surface area (TPSA) is 90.9 Å². The number of carbonyl (C=O) groups excluding carboxylic acids is 2. The van der Waals surface area contributed by atoms with Crippen molar-refractivity contribution in [2.24, 2.45) is 0 Å². The van der Waals surface area contributed by atoms with E-state index in [1.165, 1.54) is 12.4 Å². The lowest BCUT2D eigenvalue weighted by Gasteiger charge is -2.30. The number of halogens is 1. The Kier molecular flexibility index (Phi) is 7.10. The van der Waals surface area contributed by atoms with Gasteiger partial charge in [0.15, 0.2) is 5.75 Å². The molecule has 2 aliphatic heterocycles. The summed E-state index contributed by atoms with van der Waals surface area (Å²) >= 11 is 5.84. The molecule has 9 nitrogen and oxygen atoms in total. The standard InChI is InChI=1S/C23H27ClN6O3/c1-28(2)9-4-7-20(31)30-11-12-33-21-18(5-3-6-19(21)30)22(32)29-10-8-17(15-29)27-23-25-13-16(24)14-26-23/h3-7,13-14,17H,8-12,15H2,1-2H3,(H,25,26,27)/b7-4+/t17-/m1/s1. The van der Waals surface area contributed by atoms with Crippen LogP contribution in [0.1, 0.15) is 16.8 Å². The van der Waals surface area contributed by atoms with Crippen LogP contribution in [-0.2, 0) is 4.79 Å². The number of rotatable bonds is 6. The number of anilines is 2. The number of ether oxygens (including phenoxy) is 1. The third kappa shape index (κ3) is 5.43. The van der Waals surface area contributed by atoms with E-state index in [0.29, 0.717) is 60.8 Å². The highest BCUT2D eigenvalue weighted by atomic mass is 35.5. The molecule has 10 heteroatoms. The lowest BCUT2D eigenvalue weighted by molar-refractivity contribution is -0.114. The Balaban J connectivity index is 1.46. The SMILES string of the molecule is CN(C)C/C=C/C(=O)N1CCOc2c(C(=O)N3CC[C@@H](Nc4ncc(Cl)cn4)C3)cccc21. The molecule has 2 aromatic rings. The van der Waals surface area contributed by atoms with Crippen molar-refractivity contribution < 1.29 is 14.3 Å². The van der Waals surface area contributed by atoms with Crippen molar-refractivity contribution in [2.75, 3.05) is 57.1 Å². The lowest BCUT2D eigenvalue weighted by Crippen LogP contribution is -2.38. The van der Waals surface area contributed by atoms with Crippen LogP contribution in [0.3, 0.4) is 0 Å². The molecule has 1 saturated heterocycles. The molecule has 1 aromatic carbocycles. The van der Waals surface area contributed by atoms with Gasteiger partial charge in [-0.05, 0) is 32.6 Å². The molecular weight excluding hydrogens is 444 g/mol. The Labute approximate surface area is 198 Å². The summed E-state index contributed by atoms with van der Waals surface area (Å²) in [5.74, 6) is 0.696. The maximum Gasteiger partial charge on any atom is 0.257 e. The number of benzene rings is 1. The molecule has 0 radical (unpaired) electrons. The first-order valence-corrected chi connectivity index (χ1v) is 11.2. The van der Waals surface area contributed by atoms with E-state index >= 15 is 0 Å². The molecule has 2 amide bonds. The van der Waals surface area contributed by atoms with Gasteiger partial charge in [0.25, 0.3) is 11.8 Å². The van der Waals surface area contributed by atoms with Crippen LogP contribution in [0.2, 0.25) is 5.02 Å². The highest BCUT2D eigenvalue weighted by Gasteiger charge is 2.32. The number of nitrogens with zero attached hydrogens (tertiary/aromatic N) is 5. The molecule has 33 heavy (non-hydrogen) atoms. The number of likely N-dealkylation sites (N-methyl/N-ethyl adjacent to an activating group) is 1. The zero-order valence-corrected chi connectivity index (χ0v) is 19.5. The van der Waals surface area contributed by atoms with E-state index < -0.39 is 0 Å². The Hall–Kier alpha value is -3.17. The smallest absolute Gasteiger partial charge is 0.257 e. The minimum atomic E-state index is -0.126. The fraction of sp³-hybridized carbons (Fsp3) is 0.391. The van der Waals surface area contributed by atoms with Gasteiger partial charge >= 0.3 is 0 Å². The number of fused-ring (bicyclic) bond motifs is 1. The summed E-state index contributed by atoms with van der Waals surface area (Å²) in [5.41, 5.74) is 1.08. The Morgan fingerprint density at radius 3 is 2.82 bits per heavy atom. The number of amides is 2. The van der Waals surface area contributed by atoms with Gasteiger partial charge in [-0.15, -0.1) is 0 Å². The van der Waals surface area contributed by atoms with Crippen LogP contribution in [0.25, 0.3) is 0 Å². The second-order valence-electron chi connectivity index (χ2n) is 8.26. The van der Waals surface area contributed by atoms with Crippen LogP contribution in [0, 0.1) is 0 Å². The first-order chi connectivity index (χ1) is 15.9. The van der Waals surface area contributed by atoms with Crippen LogP contribution in [0.15, 0.2) is 42.7 Å². The first-order valence-electron chi connectivity index (χ1n) is 10.8. The van der Waals surface area contributed by atoms with E-state index in [1.807, 2.05) is 31.1 Å². The number of carbonyl (C=O) groups is 2. The summed E-state index contributed by atoms with van der Waals surface area (Å²) in [7, 11) is 3.88. The highest BCUT2D eigenvalue weighted by molar-refractivity contribution is 6.30. The van der Waals surface area contributed by atoms with Crippen molar-refractivity contribution in [1.29, 1.82) is 0 Å². The second-order valence-corrected chi connectivity index (χ2v) is 8.70. The maximum absolute atomic E-state index is 13.3. The van der Waals surface area contributed by atoms with Gasteiger partial charge in [-0.2, -0.15) is 0 Å². The monoisotopic (exact) mass is 470 g/mol. The minimum Gasteiger partial charge on any atom is -0.489 e. The van der Waals surface area contributed by atoms with Gasteiger partial charge in [0.1, 0.15) is 6.61 Å². The fourth-order valence-electron chi connectivity index (χ4n) is 3.90. The van der Waals surface area contributed by atoms with Gasteiger partial charge in [-0.1, -0.05) is 23.7 Å². The van der Waals surface area contributed by atoms with Gasteiger partial charge in [-0.3, -0.25) is 9.59 Å². The number of nitrogens with one attached hydrogen (secondary N) is 1. The summed E-state index contributed by atoms with van der Waals surface area (Å²) in [6.07, 6.45) is 7.23. The van der Waals surface area contributed by atoms with E-state index in [-0.39, 0.29) is 17.9 Å². The van der Waals surface area contributed by atoms with Gasteiger partial charge < -0.3 is 24.8 Å². The molecule has 1 N–H and O–H groups in total.